The Bertz CT molecular complexity index is 784. The van der Waals surface area contributed by atoms with E-state index in [1.54, 1.807) is 13.2 Å². The van der Waals surface area contributed by atoms with E-state index in [0.717, 1.165) is 31.7 Å². The normalized spacial score (nSPS) is 28.9. The average Bonchev–Trinajstić information content (AvgIpc) is 2.71. The Labute approximate surface area is 166 Å². The van der Waals surface area contributed by atoms with Gasteiger partial charge in [0.2, 0.25) is 0 Å². The van der Waals surface area contributed by atoms with Gasteiger partial charge in [-0.2, -0.15) is 0 Å². The molecule has 154 valence electrons. The molecule has 0 aromatic carbocycles. The molecule has 7 heteroatoms. The smallest absolute Gasteiger partial charge is 0.254 e. The predicted octanol–water partition coefficient (Wildman–Crippen LogP) is 0.665. The van der Waals surface area contributed by atoms with Gasteiger partial charge in [0, 0.05) is 44.4 Å². The third-order valence-corrected chi connectivity index (χ3v) is 6.83. The Morgan fingerprint density at radius 2 is 2.04 bits per heavy atom. The van der Waals surface area contributed by atoms with Crippen molar-refractivity contribution in [1.82, 2.24) is 19.7 Å². The number of likely N-dealkylation sites (N-methyl/N-ethyl adjacent to an activating group) is 1. The van der Waals surface area contributed by atoms with E-state index >= 15 is 0 Å². The van der Waals surface area contributed by atoms with Crippen LogP contribution >= 0.6 is 0 Å². The zero-order chi connectivity index (χ0) is 19.9. The van der Waals surface area contributed by atoms with Crippen molar-refractivity contribution in [2.45, 2.75) is 36.8 Å². The topological polar surface area (TPSA) is 66.8 Å². The van der Waals surface area contributed by atoms with Crippen molar-refractivity contribution in [3.8, 4) is 0 Å². The molecule has 1 aromatic heterocycles. The average molecular weight is 389 g/mol. The monoisotopic (exact) mass is 388 g/mol. The van der Waals surface area contributed by atoms with Crippen LogP contribution in [-0.4, -0.2) is 79.8 Å². The number of likely N-dealkylation sites (tertiary alicyclic amines) is 1. The summed E-state index contributed by atoms with van der Waals surface area (Å²) in [5, 5.41) is 3.33. The van der Waals surface area contributed by atoms with Gasteiger partial charge < -0.3 is 24.4 Å². The van der Waals surface area contributed by atoms with E-state index in [9.17, 15) is 9.59 Å². The Balaban J connectivity index is 1.66. The minimum Gasteiger partial charge on any atom is -0.368 e. The largest absolute Gasteiger partial charge is 0.368 e. The molecule has 7 nitrogen and oxygen atoms in total. The summed E-state index contributed by atoms with van der Waals surface area (Å²) < 4.78 is 7.80. The highest BCUT2D eigenvalue weighted by molar-refractivity contribution is 5.85. The number of fused-ring (bicyclic) bond motifs is 4. The second-order valence-corrected chi connectivity index (χ2v) is 8.84. The molecule has 3 atom stereocenters. The summed E-state index contributed by atoms with van der Waals surface area (Å²) in [5.41, 5.74) is 0.444. The maximum atomic E-state index is 13.5. The van der Waals surface area contributed by atoms with Gasteiger partial charge in [0.1, 0.15) is 5.60 Å². The Morgan fingerprint density at radius 3 is 2.71 bits per heavy atom. The van der Waals surface area contributed by atoms with Gasteiger partial charge in [-0.1, -0.05) is 6.07 Å². The van der Waals surface area contributed by atoms with Gasteiger partial charge in [0.15, 0.2) is 0 Å². The molecule has 1 amide bonds. The van der Waals surface area contributed by atoms with Crippen molar-refractivity contribution in [2.24, 2.45) is 5.92 Å². The standard InChI is InChI=1S/C21H32N4O3/c1-23(2)14-18-16-11-15(17-5-4-6-19(26)25(17)18)12-24(13-16)20(27)21(28-3)7-9-22-10-8-21/h4-6,15-16,18,22H,7-14H2,1-3H3/t15-,16+,18+/m1/s1. The van der Waals surface area contributed by atoms with Crippen LogP contribution in [0, 0.1) is 5.92 Å². The van der Waals surface area contributed by atoms with E-state index in [0.29, 0.717) is 25.9 Å². The van der Waals surface area contributed by atoms with Crippen molar-refractivity contribution >= 4 is 5.91 Å². The van der Waals surface area contributed by atoms with Crippen LogP contribution in [0.25, 0.3) is 0 Å². The molecule has 1 N–H and O–H groups in total. The van der Waals surface area contributed by atoms with Crippen molar-refractivity contribution in [3.63, 3.8) is 0 Å². The van der Waals surface area contributed by atoms with Crippen molar-refractivity contribution in [2.75, 3.05) is 53.9 Å². The van der Waals surface area contributed by atoms with Crippen LogP contribution in [-0.2, 0) is 9.53 Å². The highest BCUT2D eigenvalue weighted by atomic mass is 16.5. The summed E-state index contributed by atoms with van der Waals surface area (Å²) in [4.78, 5) is 30.4. The van der Waals surface area contributed by atoms with E-state index in [2.05, 4.69) is 16.3 Å². The van der Waals surface area contributed by atoms with Crippen LogP contribution < -0.4 is 10.9 Å². The van der Waals surface area contributed by atoms with Crippen LogP contribution in [0.15, 0.2) is 23.0 Å². The second-order valence-electron chi connectivity index (χ2n) is 8.84. The minimum atomic E-state index is -0.704. The molecule has 0 aliphatic carbocycles. The summed E-state index contributed by atoms with van der Waals surface area (Å²) in [6, 6.07) is 5.67. The lowest BCUT2D eigenvalue weighted by molar-refractivity contribution is -0.161. The van der Waals surface area contributed by atoms with Crippen LogP contribution in [0.5, 0.6) is 0 Å². The van der Waals surface area contributed by atoms with Gasteiger partial charge in [-0.25, -0.2) is 0 Å². The fourth-order valence-electron chi connectivity index (χ4n) is 5.44. The van der Waals surface area contributed by atoms with Crippen molar-refractivity contribution < 1.29 is 9.53 Å². The number of methoxy groups -OCH3 is 1. The van der Waals surface area contributed by atoms with Gasteiger partial charge in [0.25, 0.3) is 11.5 Å². The zero-order valence-electron chi connectivity index (χ0n) is 17.2. The lowest BCUT2D eigenvalue weighted by Gasteiger charge is -2.49. The minimum absolute atomic E-state index is 0.0746. The molecule has 1 aromatic rings. The number of hydrogen-bond acceptors (Lipinski definition) is 5. The number of piperidine rings is 2. The molecule has 0 unspecified atom stereocenters. The first-order valence-corrected chi connectivity index (χ1v) is 10.4. The number of nitrogens with zero attached hydrogens (tertiary/aromatic N) is 3. The Kier molecular flexibility index (Phi) is 5.33. The number of hydrogen-bond donors (Lipinski definition) is 1. The molecule has 0 saturated carbocycles. The van der Waals surface area contributed by atoms with Crippen LogP contribution in [0.3, 0.4) is 0 Å². The maximum absolute atomic E-state index is 13.5. The first kappa shape index (κ1) is 19.6. The van der Waals surface area contributed by atoms with E-state index in [4.69, 9.17) is 4.74 Å². The highest BCUT2D eigenvalue weighted by Gasteiger charge is 2.47. The maximum Gasteiger partial charge on any atom is 0.254 e. The molecular weight excluding hydrogens is 356 g/mol. The van der Waals surface area contributed by atoms with E-state index in [1.807, 2.05) is 29.6 Å². The summed E-state index contributed by atoms with van der Waals surface area (Å²) >= 11 is 0. The zero-order valence-corrected chi connectivity index (χ0v) is 17.2. The van der Waals surface area contributed by atoms with E-state index in [1.165, 1.54) is 0 Å². The molecule has 3 aliphatic heterocycles. The highest BCUT2D eigenvalue weighted by Crippen LogP contribution is 2.42. The van der Waals surface area contributed by atoms with Gasteiger partial charge in [0.05, 0.1) is 6.04 Å². The van der Waals surface area contributed by atoms with Gasteiger partial charge in [-0.05, 0) is 58.4 Å². The van der Waals surface area contributed by atoms with Gasteiger partial charge in [-0.15, -0.1) is 0 Å². The Hall–Kier alpha value is -1.70. The van der Waals surface area contributed by atoms with Crippen molar-refractivity contribution in [1.29, 1.82) is 0 Å². The number of nitrogens with one attached hydrogen (secondary N) is 1. The third kappa shape index (κ3) is 3.29. The second kappa shape index (κ2) is 7.61. The molecular formula is C21H32N4O3. The number of amides is 1. The molecule has 2 fully saturated rings. The fourth-order valence-corrected chi connectivity index (χ4v) is 5.44. The number of ether oxygens (including phenoxy) is 1. The number of carbonyl (C=O) groups is 1. The summed E-state index contributed by atoms with van der Waals surface area (Å²) in [5.74, 6) is 0.625. The summed E-state index contributed by atoms with van der Waals surface area (Å²) in [6.45, 7) is 3.79. The first-order valence-electron chi connectivity index (χ1n) is 10.4. The number of aromatic nitrogens is 1. The fraction of sp³-hybridized carbons (Fsp3) is 0.714. The lowest BCUT2D eigenvalue weighted by atomic mass is 9.77. The molecule has 28 heavy (non-hydrogen) atoms. The molecule has 2 saturated heterocycles. The third-order valence-electron chi connectivity index (χ3n) is 6.83. The van der Waals surface area contributed by atoms with E-state index in [-0.39, 0.29) is 29.3 Å². The predicted molar refractivity (Wildman–Crippen MR) is 108 cm³/mol. The molecule has 4 heterocycles. The lowest BCUT2D eigenvalue weighted by Crippen LogP contribution is -2.60. The molecule has 0 spiro atoms. The SMILES string of the molecule is COC1(C(=O)N2C[C@H]3C[C@@H](C2)[C@H](CN(C)C)n2c3cccc2=O)CCNCC1. The number of carbonyl (C=O) groups excluding carboxylic acids is 1. The summed E-state index contributed by atoms with van der Waals surface area (Å²) in [7, 11) is 5.75. The van der Waals surface area contributed by atoms with Crippen LogP contribution in [0.2, 0.25) is 0 Å². The Morgan fingerprint density at radius 1 is 1.29 bits per heavy atom. The van der Waals surface area contributed by atoms with Gasteiger partial charge >= 0.3 is 0 Å². The molecule has 2 bridgehead atoms. The molecule has 0 radical (unpaired) electrons. The van der Waals surface area contributed by atoms with Gasteiger partial charge in [-0.3, -0.25) is 9.59 Å². The first-order chi connectivity index (χ1) is 13.4. The van der Waals surface area contributed by atoms with Crippen LogP contribution in [0.4, 0.5) is 0 Å². The molecule has 3 aliphatic rings. The molecule has 4 rings (SSSR count). The quantitative estimate of drug-likeness (QED) is 0.821. The summed E-state index contributed by atoms with van der Waals surface area (Å²) in [6.07, 6.45) is 2.46. The van der Waals surface area contributed by atoms with Crippen molar-refractivity contribution in [3.05, 3.63) is 34.2 Å². The number of rotatable bonds is 4. The number of pyridine rings is 1. The van der Waals surface area contributed by atoms with E-state index < -0.39 is 5.60 Å². The van der Waals surface area contributed by atoms with Crippen LogP contribution in [0.1, 0.15) is 36.9 Å².